The molecule has 0 bridgehead atoms. The third-order valence-corrected chi connectivity index (χ3v) is 4.70. The number of aromatic nitrogens is 1. The molecule has 21 heavy (non-hydrogen) atoms. The highest BCUT2D eigenvalue weighted by Crippen LogP contribution is 2.30. The van der Waals surface area contributed by atoms with Crippen LogP contribution in [-0.4, -0.2) is 20.5 Å². The first-order chi connectivity index (χ1) is 9.97. The maximum atomic E-state index is 12.4. The summed E-state index contributed by atoms with van der Waals surface area (Å²) in [5.41, 5.74) is 2.61. The van der Waals surface area contributed by atoms with Crippen LogP contribution in [0.4, 0.5) is 11.5 Å². The first-order valence-corrected chi connectivity index (χ1v) is 8.03. The number of nitrogens with one attached hydrogen (secondary N) is 2. The number of hydrazine groups is 1. The van der Waals surface area contributed by atoms with Crippen LogP contribution in [0.3, 0.4) is 0 Å². The van der Waals surface area contributed by atoms with E-state index in [1.54, 1.807) is 18.2 Å². The van der Waals surface area contributed by atoms with Crippen LogP contribution < -0.4 is 20.7 Å². The molecule has 4 N–H and O–H groups in total. The van der Waals surface area contributed by atoms with E-state index in [1.165, 1.54) is 25.4 Å². The number of pyridine rings is 1. The molecule has 0 saturated heterocycles. The smallest absolute Gasteiger partial charge is 0.265 e. The fourth-order valence-corrected chi connectivity index (χ4v) is 3.29. The minimum absolute atomic E-state index is 0.0535. The van der Waals surface area contributed by atoms with Crippen LogP contribution in [0, 0.1) is 0 Å². The summed E-state index contributed by atoms with van der Waals surface area (Å²) in [6, 6.07) is 7.86. The second kappa shape index (κ2) is 6.29. The van der Waals surface area contributed by atoms with Crippen LogP contribution >= 0.6 is 15.9 Å². The zero-order valence-electron chi connectivity index (χ0n) is 11.0. The first-order valence-electron chi connectivity index (χ1n) is 5.76. The Hall–Kier alpha value is -1.84. The Morgan fingerprint density at radius 3 is 2.76 bits per heavy atom. The molecule has 0 atom stereocenters. The van der Waals surface area contributed by atoms with Crippen molar-refractivity contribution >= 4 is 37.5 Å². The van der Waals surface area contributed by atoms with Crippen LogP contribution in [-0.2, 0) is 10.0 Å². The van der Waals surface area contributed by atoms with Crippen LogP contribution in [0.25, 0.3) is 0 Å². The summed E-state index contributed by atoms with van der Waals surface area (Å²) in [5.74, 6) is 5.87. The Kier molecular flexibility index (Phi) is 4.66. The van der Waals surface area contributed by atoms with Gasteiger partial charge < -0.3 is 10.2 Å². The predicted octanol–water partition coefficient (Wildman–Crippen LogP) is 1.94. The maximum absolute atomic E-state index is 12.4. The Morgan fingerprint density at radius 2 is 2.10 bits per heavy atom. The Balaban J connectivity index is 2.42. The lowest BCUT2D eigenvalue weighted by Gasteiger charge is -2.13. The van der Waals surface area contributed by atoms with Gasteiger partial charge in [0.2, 0.25) is 0 Å². The SMILES string of the molecule is COc1ccc(Br)c(NS(=O)(=O)c2cccnc2NN)c1. The molecule has 0 spiro atoms. The first kappa shape index (κ1) is 15.5. The van der Waals surface area contributed by atoms with Crippen LogP contribution in [0.1, 0.15) is 0 Å². The molecule has 0 fully saturated rings. The van der Waals surface area contributed by atoms with E-state index in [2.05, 4.69) is 31.1 Å². The topological polar surface area (TPSA) is 106 Å². The van der Waals surface area contributed by atoms with Crippen LogP contribution in [0.15, 0.2) is 45.9 Å². The molecule has 9 heteroatoms. The van der Waals surface area contributed by atoms with Crippen molar-refractivity contribution < 1.29 is 13.2 Å². The number of benzene rings is 1. The summed E-state index contributed by atoms with van der Waals surface area (Å²) in [5, 5.41) is 0. The van der Waals surface area contributed by atoms with Gasteiger partial charge in [0.25, 0.3) is 10.0 Å². The molecule has 0 aliphatic heterocycles. The van der Waals surface area contributed by atoms with Crippen LogP contribution in [0.2, 0.25) is 0 Å². The molecule has 0 radical (unpaired) electrons. The minimum Gasteiger partial charge on any atom is -0.497 e. The standard InChI is InChI=1S/C12H13BrN4O3S/c1-20-8-4-5-9(13)10(7-8)17-21(18,19)11-3-2-6-15-12(11)16-14/h2-7,17H,14H2,1H3,(H,15,16). The maximum Gasteiger partial charge on any atom is 0.265 e. The lowest BCUT2D eigenvalue weighted by atomic mass is 10.3. The molecule has 7 nitrogen and oxygen atoms in total. The third-order valence-electron chi connectivity index (χ3n) is 2.61. The highest BCUT2D eigenvalue weighted by Gasteiger charge is 2.20. The van der Waals surface area contributed by atoms with Crippen molar-refractivity contribution in [1.29, 1.82) is 0 Å². The van der Waals surface area contributed by atoms with Crippen molar-refractivity contribution in [3.8, 4) is 5.75 Å². The summed E-state index contributed by atoms with van der Waals surface area (Å²) in [4.78, 5) is 3.82. The quantitative estimate of drug-likeness (QED) is 0.546. The van der Waals surface area contributed by atoms with Crippen molar-refractivity contribution in [3.63, 3.8) is 0 Å². The van der Waals surface area contributed by atoms with Gasteiger partial charge in [0.15, 0.2) is 5.82 Å². The second-order valence-electron chi connectivity index (χ2n) is 3.95. The molecular weight excluding hydrogens is 360 g/mol. The van der Waals surface area contributed by atoms with Gasteiger partial charge in [-0.15, -0.1) is 0 Å². The van der Waals surface area contributed by atoms with Crippen molar-refractivity contribution in [2.24, 2.45) is 5.84 Å². The molecule has 1 aromatic heterocycles. The Morgan fingerprint density at radius 1 is 1.33 bits per heavy atom. The summed E-state index contributed by atoms with van der Waals surface area (Å²) >= 11 is 3.28. The summed E-state index contributed by atoms with van der Waals surface area (Å²) in [6.07, 6.45) is 1.44. The molecule has 0 saturated carbocycles. The molecule has 1 heterocycles. The molecule has 0 aliphatic rings. The van der Waals surface area contributed by atoms with E-state index in [4.69, 9.17) is 10.6 Å². The van der Waals surface area contributed by atoms with Crippen molar-refractivity contribution in [2.75, 3.05) is 17.3 Å². The molecule has 1 aromatic carbocycles. The number of nitrogens with zero attached hydrogens (tertiary/aromatic N) is 1. The van der Waals surface area contributed by atoms with Crippen molar-refractivity contribution in [2.45, 2.75) is 4.90 Å². The number of hydrogen-bond donors (Lipinski definition) is 3. The number of rotatable bonds is 5. The van der Waals surface area contributed by atoms with Gasteiger partial charge in [-0.2, -0.15) is 0 Å². The van der Waals surface area contributed by atoms with Gasteiger partial charge in [-0.05, 0) is 40.2 Å². The fourth-order valence-electron chi connectivity index (χ4n) is 1.63. The molecular formula is C12H13BrN4O3S. The van der Waals surface area contributed by atoms with Gasteiger partial charge >= 0.3 is 0 Å². The number of sulfonamides is 1. The number of methoxy groups -OCH3 is 1. The average Bonchev–Trinajstić information content (AvgIpc) is 2.49. The van der Waals surface area contributed by atoms with Crippen molar-refractivity contribution in [3.05, 3.63) is 41.0 Å². The van der Waals surface area contributed by atoms with Gasteiger partial charge in [-0.3, -0.25) is 4.72 Å². The molecule has 2 aromatic rings. The van der Waals surface area contributed by atoms with E-state index in [0.717, 1.165) is 0 Å². The van der Waals surface area contributed by atoms with Gasteiger partial charge in [-0.25, -0.2) is 19.2 Å². The number of anilines is 2. The van der Waals surface area contributed by atoms with E-state index in [1.807, 2.05) is 0 Å². The van der Waals surface area contributed by atoms with E-state index in [9.17, 15) is 8.42 Å². The third kappa shape index (κ3) is 3.43. The van der Waals surface area contributed by atoms with Crippen LogP contribution in [0.5, 0.6) is 5.75 Å². The van der Waals surface area contributed by atoms with Crippen molar-refractivity contribution in [1.82, 2.24) is 4.98 Å². The summed E-state index contributed by atoms with van der Waals surface area (Å²) < 4.78 is 33.0. The number of nitrogen functional groups attached to an aromatic ring is 1. The van der Waals surface area contributed by atoms with Gasteiger partial charge in [0.1, 0.15) is 10.6 Å². The second-order valence-corrected chi connectivity index (χ2v) is 6.45. The molecule has 0 unspecified atom stereocenters. The summed E-state index contributed by atoms with van der Waals surface area (Å²) in [6.45, 7) is 0. The van der Waals surface area contributed by atoms with Gasteiger partial charge in [0, 0.05) is 16.7 Å². The van der Waals surface area contributed by atoms with E-state index in [0.29, 0.717) is 15.9 Å². The number of ether oxygens (including phenoxy) is 1. The molecule has 2 rings (SSSR count). The van der Waals surface area contributed by atoms with E-state index < -0.39 is 10.0 Å². The normalized spacial score (nSPS) is 11.0. The Bertz CT molecular complexity index is 752. The zero-order valence-corrected chi connectivity index (χ0v) is 13.4. The summed E-state index contributed by atoms with van der Waals surface area (Å²) in [7, 11) is -2.35. The molecule has 0 aliphatic carbocycles. The molecule has 112 valence electrons. The van der Waals surface area contributed by atoms with E-state index in [-0.39, 0.29) is 10.7 Å². The fraction of sp³-hybridized carbons (Fsp3) is 0.0833. The highest BCUT2D eigenvalue weighted by atomic mass is 79.9. The monoisotopic (exact) mass is 372 g/mol. The number of nitrogens with two attached hydrogens (primary N) is 1. The van der Waals surface area contributed by atoms with Gasteiger partial charge in [-0.1, -0.05) is 0 Å². The number of hydrogen-bond acceptors (Lipinski definition) is 6. The molecule has 0 amide bonds. The highest BCUT2D eigenvalue weighted by molar-refractivity contribution is 9.10. The lowest BCUT2D eigenvalue weighted by molar-refractivity contribution is 0.415. The van der Waals surface area contributed by atoms with E-state index >= 15 is 0 Å². The van der Waals surface area contributed by atoms with Gasteiger partial charge in [0.05, 0.1) is 12.8 Å². The minimum atomic E-state index is -3.84. The number of halogens is 1. The zero-order chi connectivity index (χ0) is 15.5. The predicted molar refractivity (Wildman–Crippen MR) is 83.5 cm³/mol. The largest absolute Gasteiger partial charge is 0.497 e. The lowest BCUT2D eigenvalue weighted by Crippen LogP contribution is -2.18. The Labute approximate surface area is 130 Å². The average molecular weight is 373 g/mol.